The summed E-state index contributed by atoms with van der Waals surface area (Å²) in [5.74, 6) is -1.06. The summed E-state index contributed by atoms with van der Waals surface area (Å²) in [6.07, 6.45) is 3.11. The van der Waals surface area contributed by atoms with Crippen molar-refractivity contribution in [2.45, 2.75) is 31.3 Å². The van der Waals surface area contributed by atoms with Gasteiger partial charge in [-0.1, -0.05) is 28.9 Å². The number of rotatable bonds is 6. The first kappa shape index (κ1) is 15.5. The molecule has 1 fully saturated rings. The van der Waals surface area contributed by atoms with Crippen LogP contribution < -0.4 is 5.32 Å². The van der Waals surface area contributed by atoms with Crippen molar-refractivity contribution in [3.8, 4) is 0 Å². The molecule has 0 radical (unpaired) electrons. The average molecular weight is 335 g/mol. The number of hydrogen-bond acceptors (Lipinski definition) is 4. The second-order valence-electron chi connectivity index (χ2n) is 5.57. The number of carboxylic acid groups (broad SMARTS) is 1. The number of carbonyl (C=O) groups is 2. The number of nitrogens with zero attached hydrogens (tertiary/aromatic N) is 3. The van der Waals surface area contributed by atoms with E-state index in [1.54, 1.807) is 12.1 Å². The zero-order valence-electron chi connectivity index (χ0n) is 12.2. The molecule has 0 spiro atoms. The van der Waals surface area contributed by atoms with Crippen molar-refractivity contribution in [1.82, 2.24) is 20.3 Å². The van der Waals surface area contributed by atoms with Gasteiger partial charge in [0.2, 0.25) is 5.91 Å². The van der Waals surface area contributed by atoms with Gasteiger partial charge >= 0.3 is 5.97 Å². The standard InChI is InChI=1S/C15H15ClN4O3/c16-11-3-1-10(2-4-11)15(5-6-15)14(23)17-7-12-8-20(19-18-12)9-13(21)22/h1-4,8H,5-7,9H2,(H,17,23)(H,21,22). The Kier molecular flexibility index (Phi) is 4.04. The Hall–Kier alpha value is -2.41. The lowest BCUT2D eigenvalue weighted by Crippen LogP contribution is -2.34. The van der Waals surface area contributed by atoms with E-state index in [1.165, 1.54) is 10.9 Å². The first-order valence-corrected chi connectivity index (χ1v) is 7.52. The predicted molar refractivity (Wildman–Crippen MR) is 81.9 cm³/mol. The highest BCUT2D eigenvalue weighted by Gasteiger charge is 2.51. The Balaban J connectivity index is 1.62. The third-order valence-electron chi connectivity index (χ3n) is 3.89. The normalized spacial score (nSPS) is 15.2. The zero-order valence-corrected chi connectivity index (χ0v) is 13.0. The SMILES string of the molecule is O=C(O)Cn1cc(CNC(=O)C2(c3ccc(Cl)cc3)CC2)nn1. The number of carboxylic acids is 1. The number of halogens is 1. The predicted octanol–water partition coefficient (Wildman–Crippen LogP) is 1.36. The van der Waals surface area contributed by atoms with Gasteiger partial charge in [-0.15, -0.1) is 5.10 Å². The van der Waals surface area contributed by atoms with E-state index in [0.717, 1.165) is 18.4 Å². The first-order valence-electron chi connectivity index (χ1n) is 7.15. The van der Waals surface area contributed by atoms with E-state index >= 15 is 0 Å². The van der Waals surface area contributed by atoms with Crippen LogP contribution in [0.1, 0.15) is 24.1 Å². The van der Waals surface area contributed by atoms with Crippen LogP contribution in [0, 0.1) is 0 Å². The summed E-state index contributed by atoms with van der Waals surface area (Å²) in [6, 6.07) is 7.31. The van der Waals surface area contributed by atoms with E-state index < -0.39 is 11.4 Å². The molecule has 1 aromatic carbocycles. The lowest BCUT2D eigenvalue weighted by Gasteiger charge is -2.15. The fourth-order valence-electron chi connectivity index (χ4n) is 2.52. The second kappa shape index (κ2) is 6.00. The molecule has 7 nitrogen and oxygen atoms in total. The average Bonchev–Trinajstić information content (AvgIpc) is 3.21. The molecule has 0 aliphatic heterocycles. The van der Waals surface area contributed by atoms with Gasteiger partial charge in [-0.3, -0.25) is 9.59 Å². The van der Waals surface area contributed by atoms with Gasteiger partial charge in [0.25, 0.3) is 0 Å². The van der Waals surface area contributed by atoms with Crippen LogP contribution in [0.25, 0.3) is 0 Å². The van der Waals surface area contributed by atoms with Gasteiger partial charge in [0.15, 0.2) is 0 Å². The smallest absolute Gasteiger partial charge is 0.325 e. The summed E-state index contributed by atoms with van der Waals surface area (Å²) in [6.45, 7) is -0.0382. The van der Waals surface area contributed by atoms with Crippen LogP contribution in [0.2, 0.25) is 5.02 Å². The fraction of sp³-hybridized carbons (Fsp3) is 0.333. The molecule has 1 heterocycles. The van der Waals surface area contributed by atoms with Crippen LogP contribution in [0.5, 0.6) is 0 Å². The summed E-state index contributed by atoms with van der Waals surface area (Å²) in [5.41, 5.74) is 0.988. The number of benzene rings is 1. The van der Waals surface area contributed by atoms with Crippen molar-refractivity contribution in [3.05, 3.63) is 46.7 Å². The summed E-state index contributed by atoms with van der Waals surface area (Å²) >= 11 is 5.88. The van der Waals surface area contributed by atoms with Crippen molar-refractivity contribution in [1.29, 1.82) is 0 Å². The molecule has 0 unspecified atom stereocenters. The topological polar surface area (TPSA) is 97.1 Å². The van der Waals surface area contributed by atoms with Gasteiger partial charge in [-0.05, 0) is 30.5 Å². The second-order valence-corrected chi connectivity index (χ2v) is 6.01. The van der Waals surface area contributed by atoms with Crippen LogP contribution in [-0.2, 0) is 28.1 Å². The van der Waals surface area contributed by atoms with Gasteiger partial charge in [0.05, 0.1) is 18.2 Å². The number of carbonyl (C=O) groups excluding carboxylic acids is 1. The maximum atomic E-state index is 12.5. The maximum absolute atomic E-state index is 12.5. The minimum Gasteiger partial charge on any atom is -0.480 e. The molecule has 1 aliphatic carbocycles. The lowest BCUT2D eigenvalue weighted by molar-refractivity contribution is -0.138. The monoisotopic (exact) mass is 334 g/mol. The summed E-state index contributed by atoms with van der Waals surface area (Å²) in [4.78, 5) is 23.1. The van der Waals surface area contributed by atoms with Gasteiger partial charge in [0, 0.05) is 5.02 Å². The van der Waals surface area contributed by atoms with Gasteiger partial charge in [-0.2, -0.15) is 0 Å². The van der Waals surface area contributed by atoms with Crippen LogP contribution in [-0.4, -0.2) is 32.0 Å². The van der Waals surface area contributed by atoms with E-state index in [2.05, 4.69) is 15.6 Å². The Morgan fingerprint density at radius 2 is 2.00 bits per heavy atom. The lowest BCUT2D eigenvalue weighted by atomic mass is 9.95. The van der Waals surface area contributed by atoms with Gasteiger partial charge in [-0.25, -0.2) is 4.68 Å². The van der Waals surface area contributed by atoms with Crippen molar-refractivity contribution in [2.75, 3.05) is 0 Å². The summed E-state index contributed by atoms with van der Waals surface area (Å²) in [5, 5.41) is 19.7. The van der Waals surface area contributed by atoms with Crippen molar-refractivity contribution >= 4 is 23.5 Å². The number of hydrogen-bond donors (Lipinski definition) is 2. The molecular weight excluding hydrogens is 320 g/mol. The highest BCUT2D eigenvalue weighted by atomic mass is 35.5. The Morgan fingerprint density at radius 3 is 2.61 bits per heavy atom. The van der Waals surface area contributed by atoms with Crippen LogP contribution >= 0.6 is 11.6 Å². The molecule has 8 heteroatoms. The molecule has 1 saturated carbocycles. The van der Waals surface area contributed by atoms with Gasteiger partial charge < -0.3 is 10.4 Å². The number of aliphatic carboxylic acids is 1. The summed E-state index contributed by atoms with van der Waals surface area (Å²) < 4.78 is 1.22. The molecule has 1 aromatic heterocycles. The molecule has 2 aromatic rings. The molecule has 1 aliphatic rings. The molecule has 3 rings (SSSR count). The molecule has 23 heavy (non-hydrogen) atoms. The molecule has 1 amide bonds. The highest BCUT2D eigenvalue weighted by Crippen LogP contribution is 2.48. The minimum atomic E-state index is -0.995. The van der Waals surface area contributed by atoms with E-state index in [-0.39, 0.29) is 19.0 Å². The Bertz CT molecular complexity index is 737. The van der Waals surface area contributed by atoms with Crippen molar-refractivity contribution in [3.63, 3.8) is 0 Å². The fourth-order valence-corrected chi connectivity index (χ4v) is 2.64. The molecule has 0 bridgehead atoms. The largest absolute Gasteiger partial charge is 0.480 e. The third-order valence-corrected chi connectivity index (χ3v) is 4.15. The van der Waals surface area contributed by atoms with Gasteiger partial charge in [0.1, 0.15) is 12.2 Å². The number of aromatic nitrogens is 3. The molecule has 120 valence electrons. The number of amides is 1. The van der Waals surface area contributed by atoms with Crippen LogP contribution in [0.4, 0.5) is 0 Å². The minimum absolute atomic E-state index is 0.0624. The molecule has 0 atom stereocenters. The first-order chi connectivity index (χ1) is 11.0. The van der Waals surface area contributed by atoms with Crippen LogP contribution in [0.15, 0.2) is 30.5 Å². The third kappa shape index (κ3) is 3.34. The van der Waals surface area contributed by atoms with Crippen molar-refractivity contribution in [2.24, 2.45) is 0 Å². The Labute approximate surface area is 137 Å². The van der Waals surface area contributed by atoms with E-state index in [1.807, 2.05) is 12.1 Å². The summed E-state index contributed by atoms with van der Waals surface area (Å²) in [7, 11) is 0. The van der Waals surface area contributed by atoms with E-state index in [0.29, 0.717) is 10.7 Å². The highest BCUT2D eigenvalue weighted by molar-refractivity contribution is 6.30. The number of nitrogens with one attached hydrogen (secondary N) is 1. The van der Waals surface area contributed by atoms with E-state index in [4.69, 9.17) is 16.7 Å². The van der Waals surface area contributed by atoms with E-state index in [9.17, 15) is 9.59 Å². The maximum Gasteiger partial charge on any atom is 0.325 e. The zero-order chi connectivity index (χ0) is 16.4. The Morgan fingerprint density at radius 1 is 1.30 bits per heavy atom. The van der Waals surface area contributed by atoms with Crippen LogP contribution in [0.3, 0.4) is 0 Å². The molecule has 0 saturated heterocycles. The van der Waals surface area contributed by atoms with Crippen molar-refractivity contribution < 1.29 is 14.7 Å². The molecular formula is C15H15ClN4O3. The molecule has 2 N–H and O–H groups in total. The quantitative estimate of drug-likeness (QED) is 0.831.